The monoisotopic (exact) mass is 392 g/mol. The number of carbonyl (C=O) groups is 1. The first-order chi connectivity index (χ1) is 11.0. The molecule has 0 radical (unpaired) electrons. The van der Waals surface area contributed by atoms with Crippen molar-refractivity contribution in [3.8, 4) is 0 Å². The highest BCUT2D eigenvalue weighted by atomic mass is 35.6. The molecule has 0 heterocycles. The molecule has 24 heavy (non-hydrogen) atoms. The maximum atomic E-state index is 11.9. The van der Waals surface area contributed by atoms with E-state index in [2.05, 4.69) is 5.32 Å². The minimum Gasteiger partial charge on any atom is -0.445 e. The van der Waals surface area contributed by atoms with Crippen molar-refractivity contribution >= 4 is 52.3 Å². The third kappa shape index (κ3) is 8.55. The molecule has 5 nitrogen and oxygen atoms in total. The Morgan fingerprint density at radius 3 is 2.33 bits per heavy atom. The van der Waals surface area contributed by atoms with E-state index in [0.29, 0.717) is 11.5 Å². The van der Waals surface area contributed by atoms with Gasteiger partial charge in [-0.25, -0.2) is 10.1 Å². The number of quaternary nitrogens is 1. The Hall–Kier alpha value is -1.27. The molecule has 1 rings (SSSR count). The number of hydrogen-bond donors (Lipinski definition) is 3. The van der Waals surface area contributed by atoms with Crippen LogP contribution in [0.1, 0.15) is 20.8 Å². The molecule has 8 heteroatoms. The van der Waals surface area contributed by atoms with E-state index < -0.39 is 9.89 Å². The molecule has 0 spiro atoms. The third-order valence-corrected chi connectivity index (χ3v) is 3.17. The zero-order valence-electron chi connectivity index (χ0n) is 13.7. The van der Waals surface area contributed by atoms with E-state index in [9.17, 15) is 4.79 Å². The highest BCUT2D eigenvalue weighted by Crippen LogP contribution is 2.25. The van der Waals surface area contributed by atoms with Crippen molar-refractivity contribution in [1.29, 1.82) is 5.41 Å². The van der Waals surface area contributed by atoms with Gasteiger partial charge in [0.1, 0.15) is 12.3 Å². The van der Waals surface area contributed by atoms with Crippen LogP contribution >= 0.6 is 34.8 Å². The second-order valence-corrected chi connectivity index (χ2v) is 8.65. The fourth-order valence-electron chi connectivity index (χ4n) is 1.52. The van der Waals surface area contributed by atoms with E-state index >= 15 is 0 Å². The predicted octanol–water partition coefficient (Wildman–Crippen LogP) is 3.89. The molecule has 0 unspecified atom stereocenters. The average molecular weight is 394 g/mol. The number of benzene rings is 1. The summed E-state index contributed by atoms with van der Waals surface area (Å²) >= 11 is 16.7. The lowest BCUT2D eigenvalue weighted by Gasteiger charge is -2.18. The minimum absolute atomic E-state index is 0.353. The number of nitrogens with two attached hydrogens (primary N) is 1. The van der Waals surface area contributed by atoms with Gasteiger partial charge in [-0.1, -0.05) is 73.8 Å². The number of hydrogen-bond acceptors (Lipinski definition) is 3. The van der Waals surface area contributed by atoms with Gasteiger partial charge in [-0.2, -0.15) is 0 Å². The van der Waals surface area contributed by atoms with Crippen molar-refractivity contribution < 1.29 is 14.8 Å². The van der Waals surface area contributed by atoms with Gasteiger partial charge in [-0.3, -0.25) is 5.32 Å². The number of ether oxygens (including phenoxy) is 1. The largest absolute Gasteiger partial charge is 0.445 e. The van der Waals surface area contributed by atoms with Crippen molar-refractivity contribution in [3.63, 3.8) is 0 Å². The molecule has 0 bridgehead atoms. The van der Waals surface area contributed by atoms with Gasteiger partial charge in [0, 0.05) is 17.2 Å². The van der Waals surface area contributed by atoms with Crippen molar-refractivity contribution in [1.82, 2.24) is 5.32 Å². The summed E-state index contributed by atoms with van der Waals surface area (Å²) in [6, 6.07) is 9.39. The van der Waals surface area contributed by atoms with Crippen molar-refractivity contribution in [2.45, 2.75) is 24.6 Å². The van der Waals surface area contributed by atoms with Crippen LogP contribution in [-0.2, 0) is 4.74 Å². The highest BCUT2D eigenvalue weighted by Gasteiger charge is 2.23. The number of nitrogens with one attached hydrogen (secondary N) is 2. The lowest BCUT2D eigenvalue weighted by molar-refractivity contribution is -0.522. The Morgan fingerprint density at radius 2 is 1.83 bits per heavy atom. The summed E-state index contributed by atoms with van der Waals surface area (Å²) in [4.78, 5) is 11.9. The van der Waals surface area contributed by atoms with Gasteiger partial charge in [0.25, 0.3) is 0 Å². The number of alkyl halides is 3. The maximum absolute atomic E-state index is 11.9. The first kappa shape index (κ1) is 20.8. The Bertz CT molecular complexity index is 605. The second-order valence-electron chi connectivity index (χ2n) is 6.13. The highest BCUT2D eigenvalue weighted by molar-refractivity contribution is 6.67. The van der Waals surface area contributed by atoms with Crippen molar-refractivity contribution in [2.75, 3.05) is 6.61 Å². The van der Waals surface area contributed by atoms with Crippen LogP contribution in [0, 0.1) is 10.8 Å². The normalized spacial score (nSPS) is 12.7. The lowest BCUT2D eigenvalue weighted by Crippen LogP contribution is -2.79. The Balaban J connectivity index is 2.87. The Morgan fingerprint density at radius 1 is 1.25 bits per heavy atom. The summed E-state index contributed by atoms with van der Waals surface area (Å²) in [5, 5.41) is 12.4. The number of carbonyl (C=O) groups excluding carboxylic acids is 1. The third-order valence-electron chi connectivity index (χ3n) is 2.84. The van der Waals surface area contributed by atoms with Crippen molar-refractivity contribution in [3.05, 3.63) is 42.2 Å². The van der Waals surface area contributed by atoms with Crippen LogP contribution in [0.5, 0.6) is 0 Å². The summed E-state index contributed by atoms with van der Waals surface area (Å²) < 4.78 is 3.19. The van der Waals surface area contributed by atoms with Gasteiger partial charge in [0.05, 0.1) is 0 Å². The predicted molar refractivity (Wildman–Crippen MR) is 98.1 cm³/mol. The minimum atomic E-state index is -1.68. The molecule has 1 amide bonds. The number of para-hydroxylation sites is 1. The standard InChI is InChI=1S/C16H20Cl3N3O2/c1-15(2,3)12(20)9-13(21-11-7-5-4-6-8-11)22-14(23)24-10-16(17,18)19/h4-9,20-21H,10H2,1-3H3,(H,22,23)/p+1. The van der Waals surface area contributed by atoms with Crippen LogP contribution < -0.4 is 10.6 Å². The molecule has 132 valence electrons. The Labute approximate surface area is 156 Å². The molecule has 0 aliphatic rings. The van der Waals surface area contributed by atoms with Crippen LogP contribution in [-0.4, -0.2) is 22.2 Å². The molecule has 0 saturated heterocycles. The van der Waals surface area contributed by atoms with Crippen LogP contribution in [0.25, 0.3) is 0 Å². The summed E-state index contributed by atoms with van der Waals surface area (Å²) in [5.74, 6) is 0.412. The Kier molecular flexibility index (Phi) is 7.55. The van der Waals surface area contributed by atoms with Gasteiger partial charge < -0.3 is 10.1 Å². The smallest absolute Gasteiger partial charge is 0.415 e. The number of allylic oxidation sites excluding steroid dienone is 1. The first-order valence-electron chi connectivity index (χ1n) is 7.18. The van der Waals surface area contributed by atoms with E-state index in [-0.39, 0.29) is 12.0 Å². The van der Waals surface area contributed by atoms with Gasteiger partial charge >= 0.3 is 6.09 Å². The van der Waals surface area contributed by atoms with Gasteiger partial charge in [0.15, 0.2) is 0 Å². The summed E-state index contributed by atoms with van der Waals surface area (Å²) in [7, 11) is 0. The van der Waals surface area contributed by atoms with Gasteiger partial charge in [-0.05, 0) is 12.1 Å². The van der Waals surface area contributed by atoms with E-state index in [0.717, 1.165) is 5.69 Å². The molecule has 4 N–H and O–H groups in total. The molecule has 1 aromatic carbocycles. The van der Waals surface area contributed by atoms with E-state index in [1.165, 1.54) is 0 Å². The maximum Gasteiger partial charge on any atom is 0.415 e. The zero-order valence-corrected chi connectivity index (χ0v) is 16.0. The summed E-state index contributed by atoms with van der Waals surface area (Å²) in [6.07, 6.45) is 0.810. The SMILES string of the molecule is CC(C)(C)C(=N)C=C(NC(=O)OCC(Cl)(Cl)Cl)[NH2+]c1ccccc1. The quantitative estimate of drug-likeness (QED) is 0.403. The molecule has 1 aromatic rings. The molecule has 0 aliphatic carbocycles. The number of alkyl carbamates (subject to hydrolysis) is 1. The van der Waals surface area contributed by atoms with Crippen molar-refractivity contribution in [2.24, 2.45) is 5.41 Å². The van der Waals surface area contributed by atoms with Gasteiger partial charge in [-0.15, -0.1) is 0 Å². The fourth-order valence-corrected chi connectivity index (χ4v) is 1.68. The summed E-state index contributed by atoms with van der Waals surface area (Å²) in [5.41, 5.74) is 0.859. The van der Waals surface area contributed by atoms with E-state index in [4.69, 9.17) is 44.9 Å². The molecule has 0 aliphatic heterocycles. The van der Waals surface area contributed by atoms with E-state index in [1.54, 1.807) is 11.4 Å². The van der Waals surface area contributed by atoms with E-state index in [1.807, 2.05) is 51.1 Å². The topological polar surface area (TPSA) is 78.8 Å². The zero-order chi connectivity index (χ0) is 18.4. The molecular weight excluding hydrogens is 373 g/mol. The van der Waals surface area contributed by atoms with Crippen LogP contribution in [0.3, 0.4) is 0 Å². The molecule has 0 atom stereocenters. The summed E-state index contributed by atoms with van der Waals surface area (Å²) in [6.45, 7) is 5.35. The molecule has 0 fully saturated rings. The molecule has 0 aromatic heterocycles. The van der Waals surface area contributed by atoms with Crippen LogP contribution in [0.4, 0.5) is 10.5 Å². The fraction of sp³-hybridized carbons (Fsp3) is 0.375. The second kappa shape index (κ2) is 8.72. The molecular formula is C16H21Cl3N3O2+. The van der Waals surface area contributed by atoms with Gasteiger partial charge in [0.2, 0.25) is 9.61 Å². The number of amides is 1. The average Bonchev–Trinajstić information content (AvgIpc) is 2.44. The number of rotatable bonds is 5. The number of halogens is 3. The van der Waals surface area contributed by atoms with Crippen LogP contribution in [0.2, 0.25) is 0 Å². The molecule has 0 saturated carbocycles. The lowest BCUT2D eigenvalue weighted by atomic mass is 9.90. The van der Waals surface area contributed by atoms with Crippen LogP contribution in [0.15, 0.2) is 42.2 Å². The first-order valence-corrected chi connectivity index (χ1v) is 8.32.